The van der Waals surface area contributed by atoms with Crippen molar-refractivity contribution in [2.45, 2.75) is 53.1 Å². The Hall–Kier alpha value is -2.10. The molecule has 0 spiro atoms. The van der Waals surface area contributed by atoms with Crippen molar-refractivity contribution in [3.05, 3.63) is 53.2 Å². The molecule has 0 radical (unpaired) electrons. The van der Waals surface area contributed by atoms with Crippen LogP contribution in [0, 0.1) is 0 Å². The summed E-state index contributed by atoms with van der Waals surface area (Å²) in [6.45, 7) is 12.5. The largest absolute Gasteiger partial charge is 0.443 e. The molecule has 0 unspecified atom stereocenters. The normalized spacial score (nSPS) is 11.6. The van der Waals surface area contributed by atoms with Gasteiger partial charge in [0.2, 0.25) is 5.89 Å². The van der Waals surface area contributed by atoms with Crippen molar-refractivity contribution in [1.82, 2.24) is 20.9 Å². The van der Waals surface area contributed by atoms with Crippen molar-refractivity contribution in [3.8, 4) is 0 Å². The number of rotatable bonds is 7. The van der Waals surface area contributed by atoms with Gasteiger partial charge in [0, 0.05) is 24.1 Å². The highest BCUT2D eigenvalue weighted by Gasteiger charge is 2.19. The fourth-order valence-electron chi connectivity index (χ4n) is 2.43. The van der Waals surface area contributed by atoms with Crippen molar-refractivity contribution in [2.24, 2.45) is 4.99 Å². The topological polar surface area (TPSA) is 91.5 Å². The lowest BCUT2D eigenvalue weighted by Crippen LogP contribution is -2.36. The maximum Gasteiger partial charge on any atom is 0.251 e. The number of carbonyl (C=O) groups is 1. The van der Waals surface area contributed by atoms with Gasteiger partial charge in [-0.2, -0.15) is 0 Å². The Kier molecular flexibility index (Phi) is 10.1. The second-order valence-corrected chi connectivity index (χ2v) is 7.47. The first kappa shape index (κ1) is 24.9. The summed E-state index contributed by atoms with van der Waals surface area (Å²) in [5.74, 6) is 2.11. The summed E-state index contributed by atoms with van der Waals surface area (Å²) < 4.78 is 5.80. The van der Waals surface area contributed by atoms with Gasteiger partial charge in [-0.1, -0.05) is 32.9 Å². The summed E-state index contributed by atoms with van der Waals surface area (Å²) >= 11 is 0. The predicted molar refractivity (Wildman–Crippen MR) is 127 cm³/mol. The molecule has 3 N–H and O–H groups in total. The third-order valence-corrected chi connectivity index (χ3v) is 4.02. The molecular formula is C21H32IN5O2. The standard InChI is InChI=1S/C21H31N5O2.HI/c1-6-22-19(27)16-10-8-15(9-11-16)12-25-20(23-7-2)26-14-18-24-13-17(28-18)21(3,4)5;/h8-11,13H,6-7,12,14H2,1-5H3,(H,22,27)(H2,23,25,26);1H. The number of halogens is 1. The first-order chi connectivity index (χ1) is 13.3. The molecule has 2 rings (SSSR count). The number of hydrogen-bond donors (Lipinski definition) is 3. The molecule has 7 nitrogen and oxygen atoms in total. The van der Waals surface area contributed by atoms with Crippen molar-refractivity contribution < 1.29 is 9.21 Å². The van der Waals surface area contributed by atoms with Gasteiger partial charge in [-0.05, 0) is 31.5 Å². The SMILES string of the molecule is CCNC(=O)c1ccc(CN=C(NCC)NCc2ncc(C(C)(C)C)o2)cc1.I. The smallest absolute Gasteiger partial charge is 0.251 e. The first-order valence-corrected chi connectivity index (χ1v) is 9.68. The minimum Gasteiger partial charge on any atom is -0.443 e. The van der Waals surface area contributed by atoms with E-state index in [4.69, 9.17) is 4.42 Å². The fourth-order valence-corrected chi connectivity index (χ4v) is 2.43. The maximum absolute atomic E-state index is 11.8. The van der Waals surface area contributed by atoms with Gasteiger partial charge in [0.25, 0.3) is 5.91 Å². The molecule has 0 aliphatic rings. The van der Waals surface area contributed by atoms with E-state index >= 15 is 0 Å². The summed E-state index contributed by atoms with van der Waals surface area (Å²) in [7, 11) is 0. The number of amides is 1. The van der Waals surface area contributed by atoms with Crippen LogP contribution in [0.2, 0.25) is 0 Å². The van der Waals surface area contributed by atoms with E-state index in [9.17, 15) is 4.79 Å². The van der Waals surface area contributed by atoms with E-state index in [-0.39, 0.29) is 35.3 Å². The number of aliphatic imine (C=N–C) groups is 1. The second kappa shape index (κ2) is 11.8. The molecule has 2 aromatic rings. The van der Waals surface area contributed by atoms with Crippen LogP contribution in [0.3, 0.4) is 0 Å². The van der Waals surface area contributed by atoms with Crippen LogP contribution in [-0.2, 0) is 18.5 Å². The zero-order chi connectivity index (χ0) is 20.6. The monoisotopic (exact) mass is 513 g/mol. The molecule has 1 aromatic heterocycles. The molecule has 0 fully saturated rings. The van der Waals surface area contributed by atoms with E-state index in [1.165, 1.54) is 0 Å². The van der Waals surface area contributed by atoms with Crippen LogP contribution in [0.4, 0.5) is 0 Å². The van der Waals surface area contributed by atoms with Gasteiger partial charge < -0.3 is 20.4 Å². The molecule has 1 aromatic carbocycles. The highest BCUT2D eigenvalue weighted by molar-refractivity contribution is 14.0. The Bertz CT molecular complexity index is 794. The average Bonchev–Trinajstić information content (AvgIpc) is 3.14. The number of guanidine groups is 1. The van der Waals surface area contributed by atoms with Crippen molar-refractivity contribution in [1.29, 1.82) is 0 Å². The summed E-state index contributed by atoms with van der Waals surface area (Å²) in [4.78, 5) is 20.7. The first-order valence-electron chi connectivity index (χ1n) is 9.68. The Morgan fingerprint density at radius 1 is 1.07 bits per heavy atom. The van der Waals surface area contributed by atoms with Crippen LogP contribution < -0.4 is 16.0 Å². The van der Waals surface area contributed by atoms with Crippen molar-refractivity contribution in [3.63, 3.8) is 0 Å². The number of nitrogens with one attached hydrogen (secondary N) is 3. The Morgan fingerprint density at radius 2 is 1.72 bits per heavy atom. The molecule has 1 amide bonds. The number of nitrogens with zero attached hydrogens (tertiary/aromatic N) is 2. The van der Waals surface area contributed by atoms with Gasteiger partial charge in [-0.25, -0.2) is 9.98 Å². The predicted octanol–water partition coefficient (Wildman–Crippen LogP) is 3.60. The number of benzene rings is 1. The Labute approximate surface area is 190 Å². The van der Waals surface area contributed by atoms with Crippen LogP contribution in [0.15, 0.2) is 39.9 Å². The zero-order valence-corrected chi connectivity index (χ0v) is 20.2. The maximum atomic E-state index is 11.8. The van der Waals surface area contributed by atoms with Gasteiger partial charge >= 0.3 is 0 Å². The molecule has 1 heterocycles. The van der Waals surface area contributed by atoms with E-state index in [0.29, 0.717) is 37.0 Å². The molecular weight excluding hydrogens is 481 g/mol. The summed E-state index contributed by atoms with van der Waals surface area (Å²) in [5, 5.41) is 9.24. The van der Waals surface area contributed by atoms with Crippen LogP contribution >= 0.6 is 24.0 Å². The lowest BCUT2D eigenvalue weighted by molar-refractivity contribution is 0.0956. The van der Waals surface area contributed by atoms with E-state index in [1.54, 1.807) is 6.20 Å². The summed E-state index contributed by atoms with van der Waals surface area (Å²) in [6, 6.07) is 7.47. The lowest BCUT2D eigenvalue weighted by Gasteiger charge is -2.13. The third kappa shape index (κ3) is 8.04. The lowest BCUT2D eigenvalue weighted by atomic mass is 9.94. The molecule has 8 heteroatoms. The molecule has 0 aliphatic carbocycles. The molecule has 29 heavy (non-hydrogen) atoms. The van der Waals surface area contributed by atoms with E-state index < -0.39 is 0 Å². The Balaban J connectivity index is 0.00000420. The highest BCUT2D eigenvalue weighted by atomic mass is 127. The van der Waals surface area contributed by atoms with E-state index in [1.807, 2.05) is 38.1 Å². The average molecular weight is 513 g/mol. The number of oxazole rings is 1. The second-order valence-electron chi connectivity index (χ2n) is 7.47. The van der Waals surface area contributed by atoms with Gasteiger partial charge in [-0.3, -0.25) is 4.79 Å². The Morgan fingerprint density at radius 3 is 2.28 bits per heavy atom. The molecule has 0 bridgehead atoms. The number of hydrogen-bond acceptors (Lipinski definition) is 4. The minimum atomic E-state index is -0.0654. The summed E-state index contributed by atoms with van der Waals surface area (Å²) in [6.07, 6.45) is 1.78. The van der Waals surface area contributed by atoms with Crippen molar-refractivity contribution in [2.75, 3.05) is 13.1 Å². The fraction of sp³-hybridized carbons (Fsp3) is 0.476. The third-order valence-electron chi connectivity index (χ3n) is 4.02. The van der Waals surface area contributed by atoms with Gasteiger partial charge in [-0.15, -0.1) is 24.0 Å². The van der Waals surface area contributed by atoms with Crippen LogP contribution in [0.1, 0.15) is 62.2 Å². The van der Waals surface area contributed by atoms with E-state index in [2.05, 4.69) is 46.7 Å². The minimum absolute atomic E-state index is 0. The number of aromatic nitrogens is 1. The molecule has 0 saturated carbocycles. The highest BCUT2D eigenvalue weighted by Crippen LogP contribution is 2.22. The van der Waals surface area contributed by atoms with Gasteiger partial charge in [0.15, 0.2) is 5.96 Å². The van der Waals surface area contributed by atoms with E-state index in [0.717, 1.165) is 17.9 Å². The van der Waals surface area contributed by atoms with Gasteiger partial charge in [0.05, 0.1) is 19.3 Å². The number of carbonyl (C=O) groups excluding carboxylic acids is 1. The van der Waals surface area contributed by atoms with Gasteiger partial charge in [0.1, 0.15) is 5.76 Å². The van der Waals surface area contributed by atoms with Crippen LogP contribution in [0.25, 0.3) is 0 Å². The zero-order valence-electron chi connectivity index (χ0n) is 17.8. The van der Waals surface area contributed by atoms with Crippen molar-refractivity contribution >= 4 is 35.8 Å². The summed E-state index contributed by atoms with van der Waals surface area (Å²) in [5.41, 5.74) is 1.61. The van der Waals surface area contributed by atoms with Crippen LogP contribution in [0.5, 0.6) is 0 Å². The quantitative estimate of drug-likeness (QED) is 0.299. The molecule has 160 valence electrons. The molecule has 0 atom stereocenters. The molecule has 0 aliphatic heterocycles. The molecule has 0 saturated heterocycles. The van der Waals surface area contributed by atoms with Crippen LogP contribution in [-0.4, -0.2) is 29.9 Å².